The third kappa shape index (κ3) is 3.39. The zero-order chi connectivity index (χ0) is 16.6. The van der Waals surface area contributed by atoms with Gasteiger partial charge in [-0.15, -0.1) is 0 Å². The second kappa shape index (κ2) is 5.96. The van der Waals surface area contributed by atoms with Gasteiger partial charge in [0.15, 0.2) is 15.6 Å². The molecule has 0 bridgehead atoms. The lowest BCUT2D eigenvalue weighted by atomic mass is 10.0. The van der Waals surface area contributed by atoms with E-state index in [4.69, 9.17) is 4.74 Å². The molecule has 0 aliphatic carbocycles. The molecule has 0 atom stereocenters. The minimum absolute atomic E-state index is 0.0613. The molecule has 0 spiro atoms. The first-order valence-electron chi connectivity index (χ1n) is 7.74. The van der Waals surface area contributed by atoms with Crippen LogP contribution in [-0.2, 0) is 9.84 Å². The Kier molecular flexibility index (Phi) is 4.14. The standard InChI is InChI=1S/C16H20N2O4S/c1-11(2)16(19)14-9-17-18-10-13(3-4-15(14)18)22-12-5-7-23(20,21)8-6-12/h3-4,9-12H,5-8H2,1-2H3. The van der Waals surface area contributed by atoms with Crippen LogP contribution < -0.4 is 4.74 Å². The lowest BCUT2D eigenvalue weighted by Crippen LogP contribution is -2.30. The number of sulfone groups is 1. The summed E-state index contributed by atoms with van der Waals surface area (Å²) in [6.45, 7) is 3.72. The van der Waals surface area contributed by atoms with E-state index >= 15 is 0 Å². The largest absolute Gasteiger partial charge is 0.489 e. The van der Waals surface area contributed by atoms with Gasteiger partial charge in [-0.25, -0.2) is 12.9 Å². The number of ketones is 1. The van der Waals surface area contributed by atoms with Gasteiger partial charge in [0, 0.05) is 5.92 Å². The first-order chi connectivity index (χ1) is 10.9. The van der Waals surface area contributed by atoms with Crippen molar-refractivity contribution in [2.24, 2.45) is 5.92 Å². The lowest BCUT2D eigenvalue weighted by Gasteiger charge is -2.23. The fourth-order valence-corrected chi connectivity index (χ4v) is 4.16. The molecule has 2 aromatic heterocycles. The van der Waals surface area contributed by atoms with E-state index in [9.17, 15) is 13.2 Å². The molecule has 0 saturated carbocycles. The van der Waals surface area contributed by atoms with E-state index in [0.29, 0.717) is 24.2 Å². The number of rotatable bonds is 4. The van der Waals surface area contributed by atoms with Crippen LogP contribution in [-0.4, -0.2) is 41.4 Å². The van der Waals surface area contributed by atoms with E-state index < -0.39 is 9.84 Å². The second-order valence-electron chi connectivity index (χ2n) is 6.24. The second-order valence-corrected chi connectivity index (χ2v) is 8.54. The molecule has 0 aromatic carbocycles. The Morgan fingerprint density at radius 2 is 2.00 bits per heavy atom. The number of pyridine rings is 1. The molecule has 0 N–H and O–H groups in total. The molecular weight excluding hydrogens is 316 g/mol. The van der Waals surface area contributed by atoms with Crippen molar-refractivity contribution >= 4 is 21.1 Å². The number of hydrogen-bond donors (Lipinski definition) is 0. The Morgan fingerprint density at radius 1 is 1.30 bits per heavy atom. The number of Topliss-reactive ketones (excluding diaryl/α,β-unsaturated/α-hetero) is 1. The summed E-state index contributed by atoms with van der Waals surface area (Å²) in [6, 6.07) is 3.62. The Balaban J connectivity index is 1.78. The van der Waals surface area contributed by atoms with Crippen LogP contribution in [0.1, 0.15) is 37.0 Å². The molecular formula is C16H20N2O4S. The molecule has 7 heteroatoms. The molecule has 23 heavy (non-hydrogen) atoms. The number of ether oxygens (including phenoxy) is 1. The minimum Gasteiger partial charge on any atom is -0.489 e. The van der Waals surface area contributed by atoms with E-state index in [1.54, 1.807) is 23.0 Å². The highest BCUT2D eigenvalue weighted by molar-refractivity contribution is 7.91. The number of fused-ring (bicyclic) bond motifs is 1. The summed E-state index contributed by atoms with van der Waals surface area (Å²) in [5.74, 6) is 0.964. The molecule has 0 amide bonds. The Hall–Kier alpha value is -1.89. The monoisotopic (exact) mass is 336 g/mol. The molecule has 0 unspecified atom stereocenters. The van der Waals surface area contributed by atoms with E-state index in [2.05, 4.69) is 5.10 Å². The number of aromatic nitrogens is 2. The molecule has 2 aromatic rings. The van der Waals surface area contributed by atoms with Crippen molar-refractivity contribution < 1.29 is 17.9 Å². The van der Waals surface area contributed by atoms with Gasteiger partial charge < -0.3 is 4.74 Å². The molecule has 3 rings (SSSR count). The van der Waals surface area contributed by atoms with Crippen molar-refractivity contribution in [3.8, 4) is 5.75 Å². The predicted molar refractivity (Wildman–Crippen MR) is 86.7 cm³/mol. The quantitative estimate of drug-likeness (QED) is 0.799. The molecule has 0 radical (unpaired) electrons. The summed E-state index contributed by atoms with van der Waals surface area (Å²) in [5, 5.41) is 4.22. The first-order valence-corrected chi connectivity index (χ1v) is 9.56. The van der Waals surface area contributed by atoms with Gasteiger partial charge in [0.05, 0.1) is 35.0 Å². The van der Waals surface area contributed by atoms with Crippen molar-refractivity contribution in [2.45, 2.75) is 32.8 Å². The van der Waals surface area contributed by atoms with Gasteiger partial charge in [0.1, 0.15) is 11.9 Å². The van der Waals surface area contributed by atoms with Crippen molar-refractivity contribution in [1.82, 2.24) is 9.61 Å². The Labute approximate surface area is 135 Å². The van der Waals surface area contributed by atoms with Gasteiger partial charge in [-0.2, -0.15) is 5.10 Å². The molecule has 1 fully saturated rings. The van der Waals surface area contributed by atoms with Crippen LogP contribution in [0.15, 0.2) is 24.5 Å². The molecule has 1 aliphatic heterocycles. The van der Waals surface area contributed by atoms with Crippen LogP contribution in [0.3, 0.4) is 0 Å². The van der Waals surface area contributed by atoms with Crippen LogP contribution >= 0.6 is 0 Å². The highest BCUT2D eigenvalue weighted by Gasteiger charge is 2.25. The third-order valence-corrected chi connectivity index (χ3v) is 5.80. The molecule has 1 aliphatic rings. The average Bonchev–Trinajstić information content (AvgIpc) is 2.91. The van der Waals surface area contributed by atoms with Crippen LogP contribution in [0, 0.1) is 5.92 Å². The number of carbonyl (C=O) groups excluding carboxylic acids is 1. The SMILES string of the molecule is CC(C)C(=O)c1cnn2cc(OC3CCS(=O)(=O)CC3)ccc12. The van der Waals surface area contributed by atoms with Gasteiger partial charge in [-0.3, -0.25) is 4.79 Å². The van der Waals surface area contributed by atoms with Gasteiger partial charge in [-0.1, -0.05) is 13.8 Å². The maximum Gasteiger partial charge on any atom is 0.169 e. The van der Waals surface area contributed by atoms with Crippen LogP contribution in [0.25, 0.3) is 5.52 Å². The van der Waals surface area contributed by atoms with Crippen molar-refractivity contribution in [1.29, 1.82) is 0 Å². The van der Waals surface area contributed by atoms with Gasteiger partial charge in [0.2, 0.25) is 0 Å². The summed E-state index contributed by atoms with van der Waals surface area (Å²) in [5.41, 5.74) is 1.36. The summed E-state index contributed by atoms with van der Waals surface area (Å²) < 4.78 is 30.4. The number of hydrogen-bond acceptors (Lipinski definition) is 5. The molecule has 3 heterocycles. The topological polar surface area (TPSA) is 77.7 Å². The number of nitrogens with zero attached hydrogens (tertiary/aromatic N) is 2. The fourth-order valence-electron chi connectivity index (χ4n) is 2.71. The summed E-state index contributed by atoms with van der Waals surface area (Å²) in [6.07, 6.45) is 4.24. The summed E-state index contributed by atoms with van der Waals surface area (Å²) in [7, 11) is -2.89. The Morgan fingerprint density at radius 3 is 2.65 bits per heavy atom. The average molecular weight is 336 g/mol. The van der Waals surface area contributed by atoms with Crippen LogP contribution in [0.2, 0.25) is 0 Å². The van der Waals surface area contributed by atoms with E-state index in [1.807, 2.05) is 19.9 Å². The summed E-state index contributed by atoms with van der Waals surface area (Å²) in [4.78, 5) is 12.1. The van der Waals surface area contributed by atoms with E-state index in [0.717, 1.165) is 5.52 Å². The minimum atomic E-state index is -2.89. The maximum atomic E-state index is 12.1. The molecule has 6 nitrogen and oxygen atoms in total. The van der Waals surface area contributed by atoms with E-state index in [1.165, 1.54) is 0 Å². The van der Waals surface area contributed by atoms with Gasteiger partial charge >= 0.3 is 0 Å². The van der Waals surface area contributed by atoms with Crippen molar-refractivity contribution in [3.05, 3.63) is 30.1 Å². The number of carbonyl (C=O) groups is 1. The summed E-state index contributed by atoms with van der Waals surface area (Å²) >= 11 is 0. The lowest BCUT2D eigenvalue weighted by molar-refractivity contribution is 0.0941. The highest BCUT2D eigenvalue weighted by atomic mass is 32.2. The zero-order valence-electron chi connectivity index (χ0n) is 13.2. The zero-order valence-corrected chi connectivity index (χ0v) is 14.0. The van der Waals surface area contributed by atoms with Crippen LogP contribution in [0.4, 0.5) is 0 Å². The molecule has 124 valence electrons. The van der Waals surface area contributed by atoms with Crippen molar-refractivity contribution in [3.63, 3.8) is 0 Å². The van der Waals surface area contributed by atoms with E-state index in [-0.39, 0.29) is 29.3 Å². The predicted octanol–water partition coefficient (Wildman–Crippen LogP) is 2.13. The van der Waals surface area contributed by atoms with Crippen LogP contribution in [0.5, 0.6) is 5.75 Å². The smallest absolute Gasteiger partial charge is 0.169 e. The molecule has 1 saturated heterocycles. The van der Waals surface area contributed by atoms with Gasteiger partial charge in [-0.05, 0) is 25.0 Å². The Bertz CT molecular complexity index is 825. The highest BCUT2D eigenvalue weighted by Crippen LogP contribution is 2.22. The third-order valence-electron chi connectivity index (χ3n) is 4.08. The normalized spacial score (nSPS) is 18.4. The van der Waals surface area contributed by atoms with Crippen molar-refractivity contribution in [2.75, 3.05) is 11.5 Å². The fraction of sp³-hybridized carbons (Fsp3) is 0.500. The van der Waals surface area contributed by atoms with Gasteiger partial charge in [0.25, 0.3) is 0 Å². The first kappa shape index (κ1) is 16.0. The maximum absolute atomic E-state index is 12.1.